The Balaban J connectivity index is 1.95. The number of hydrogen-bond acceptors (Lipinski definition) is 2. The quantitative estimate of drug-likeness (QED) is 0.804. The average Bonchev–Trinajstić information content (AvgIpc) is 2.86. The summed E-state index contributed by atoms with van der Waals surface area (Å²) in [5, 5.41) is 0. The van der Waals surface area contributed by atoms with Crippen molar-refractivity contribution in [3.8, 4) is 0 Å². The maximum Gasteiger partial charge on any atom is 0.165 e. The summed E-state index contributed by atoms with van der Waals surface area (Å²) in [5.41, 5.74) is 2.14. The summed E-state index contributed by atoms with van der Waals surface area (Å²) in [4.78, 5) is 13.4. The van der Waals surface area contributed by atoms with Crippen LogP contribution in [0.25, 0.3) is 0 Å². The summed E-state index contributed by atoms with van der Waals surface area (Å²) in [6.07, 6.45) is 3.63. The molecule has 0 aliphatic heterocycles. The van der Waals surface area contributed by atoms with E-state index in [1.165, 1.54) is 10.6 Å². The van der Waals surface area contributed by atoms with Gasteiger partial charge in [-0.2, -0.15) is 0 Å². The van der Waals surface area contributed by atoms with Crippen molar-refractivity contribution in [3.05, 3.63) is 44.9 Å². The first-order chi connectivity index (χ1) is 8.94. The molecule has 0 radical (unpaired) electrons. The third kappa shape index (κ3) is 2.49. The Morgan fingerprint density at radius 2 is 2.11 bits per heavy atom. The molecule has 0 saturated carbocycles. The number of hydrogen-bond donors (Lipinski definition) is 0. The second kappa shape index (κ2) is 4.50. The zero-order valence-electron chi connectivity index (χ0n) is 11.1. The molecule has 2 heterocycles. The van der Waals surface area contributed by atoms with E-state index in [1.807, 2.05) is 18.3 Å². The molecule has 100 valence electrons. The molecule has 2 aromatic heterocycles. The number of fused-ring (bicyclic) bond motifs is 1. The van der Waals surface area contributed by atoms with Crippen LogP contribution >= 0.6 is 22.9 Å². The molecule has 0 bridgehead atoms. The SMILES string of the molecule is CC1(C)CC(=O)c2ccn(Cc3ccc(Cl)s3)c2C1. The molecule has 1 aliphatic rings. The normalized spacial score (nSPS) is 17.5. The summed E-state index contributed by atoms with van der Waals surface area (Å²) in [6.45, 7) is 5.12. The predicted molar refractivity (Wildman–Crippen MR) is 79.3 cm³/mol. The Morgan fingerprint density at radius 3 is 2.79 bits per heavy atom. The number of thiophene rings is 1. The van der Waals surface area contributed by atoms with Crippen LogP contribution in [-0.4, -0.2) is 10.4 Å². The predicted octanol–water partition coefficient (Wildman–Crippen LogP) is 4.41. The first kappa shape index (κ1) is 12.9. The van der Waals surface area contributed by atoms with E-state index in [4.69, 9.17) is 11.6 Å². The highest BCUT2D eigenvalue weighted by Gasteiger charge is 2.32. The van der Waals surface area contributed by atoms with Crippen molar-refractivity contribution in [1.29, 1.82) is 0 Å². The second-order valence-corrected chi connectivity index (χ2v) is 7.75. The molecule has 0 atom stereocenters. The zero-order chi connectivity index (χ0) is 13.6. The van der Waals surface area contributed by atoms with Crippen molar-refractivity contribution < 1.29 is 4.79 Å². The lowest BCUT2D eigenvalue weighted by molar-refractivity contribution is 0.0910. The monoisotopic (exact) mass is 293 g/mol. The van der Waals surface area contributed by atoms with Gasteiger partial charge in [-0.15, -0.1) is 11.3 Å². The highest BCUT2D eigenvalue weighted by atomic mass is 35.5. The van der Waals surface area contributed by atoms with Crippen LogP contribution in [0, 0.1) is 5.41 Å². The van der Waals surface area contributed by atoms with Gasteiger partial charge < -0.3 is 4.57 Å². The molecule has 2 aromatic rings. The number of carbonyl (C=O) groups is 1. The van der Waals surface area contributed by atoms with Crippen LogP contribution in [0.5, 0.6) is 0 Å². The van der Waals surface area contributed by atoms with Crippen LogP contribution < -0.4 is 0 Å². The van der Waals surface area contributed by atoms with Gasteiger partial charge in [0.05, 0.1) is 10.9 Å². The first-order valence-corrected chi connectivity index (χ1v) is 7.59. The molecule has 3 rings (SSSR count). The summed E-state index contributed by atoms with van der Waals surface area (Å²) >= 11 is 7.56. The van der Waals surface area contributed by atoms with Crippen molar-refractivity contribution in [2.75, 3.05) is 0 Å². The van der Waals surface area contributed by atoms with Gasteiger partial charge in [0.1, 0.15) is 0 Å². The summed E-state index contributed by atoms with van der Waals surface area (Å²) in [6, 6.07) is 5.93. The topological polar surface area (TPSA) is 22.0 Å². The van der Waals surface area contributed by atoms with Crippen molar-refractivity contribution in [1.82, 2.24) is 4.57 Å². The van der Waals surface area contributed by atoms with Gasteiger partial charge in [0, 0.05) is 28.8 Å². The maximum absolute atomic E-state index is 12.1. The van der Waals surface area contributed by atoms with E-state index in [1.54, 1.807) is 11.3 Å². The van der Waals surface area contributed by atoms with E-state index in [9.17, 15) is 4.79 Å². The molecule has 1 aliphatic carbocycles. The van der Waals surface area contributed by atoms with Crippen molar-refractivity contribution in [3.63, 3.8) is 0 Å². The van der Waals surface area contributed by atoms with Gasteiger partial charge in [-0.3, -0.25) is 4.79 Å². The van der Waals surface area contributed by atoms with Gasteiger partial charge in [-0.1, -0.05) is 25.4 Å². The highest BCUT2D eigenvalue weighted by Crippen LogP contribution is 2.35. The smallest absolute Gasteiger partial charge is 0.165 e. The average molecular weight is 294 g/mol. The maximum atomic E-state index is 12.1. The third-order valence-corrected chi connectivity index (χ3v) is 4.84. The zero-order valence-corrected chi connectivity index (χ0v) is 12.6. The van der Waals surface area contributed by atoms with E-state index >= 15 is 0 Å². The van der Waals surface area contributed by atoms with Crippen LogP contribution in [0.1, 0.15) is 41.2 Å². The summed E-state index contributed by atoms with van der Waals surface area (Å²) < 4.78 is 3.00. The number of Topliss-reactive ketones (excluding diaryl/α,β-unsaturated/α-hetero) is 1. The fourth-order valence-corrected chi connectivity index (χ4v) is 3.84. The highest BCUT2D eigenvalue weighted by molar-refractivity contribution is 7.16. The number of halogens is 1. The minimum absolute atomic E-state index is 0.0628. The lowest BCUT2D eigenvalue weighted by Crippen LogP contribution is -2.28. The fraction of sp³-hybridized carbons (Fsp3) is 0.400. The van der Waals surface area contributed by atoms with Crippen LogP contribution in [0.3, 0.4) is 0 Å². The van der Waals surface area contributed by atoms with E-state index in [0.29, 0.717) is 6.42 Å². The molecule has 19 heavy (non-hydrogen) atoms. The first-order valence-electron chi connectivity index (χ1n) is 6.40. The second-order valence-electron chi connectivity index (χ2n) is 5.95. The molecule has 4 heteroatoms. The lowest BCUT2D eigenvalue weighted by Gasteiger charge is -2.29. The van der Waals surface area contributed by atoms with Crippen LogP contribution in [-0.2, 0) is 13.0 Å². The largest absolute Gasteiger partial charge is 0.345 e. The standard InChI is InChI=1S/C15H16ClNOS/c1-15(2)7-12-11(13(18)8-15)5-6-17(12)9-10-3-4-14(16)19-10/h3-6H,7-9H2,1-2H3. The Labute approximate surface area is 122 Å². The molecule has 0 N–H and O–H groups in total. The lowest BCUT2D eigenvalue weighted by atomic mass is 9.76. The number of rotatable bonds is 2. The summed E-state index contributed by atoms with van der Waals surface area (Å²) in [5.74, 6) is 0.272. The number of nitrogens with zero attached hydrogens (tertiary/aromatic N) is 1. The number of carbonyl (C=O) groups excluding carboxylic acids is 1. The molecular formula is C15H16ClNOS. The Hall–Kier alpha value is -1.06. The van der Waals surface area contributed by atoms with Gasteiger partial charge in [0.2, 0.25) is 0 Å². The van der Waals surface area contributed by atoms with E-state index in [0.717, 1.165) is 22.9 Å². The van der Waals surface area contributed by atoms with Crippen LogP contribution in [0.15, 0.2) is 24.4 Å². The van der Waals surface area contributed by atoms with E-state index < -0.39 is 0 Å². The minimum Gasteiger partial charge on any atom is -0.345 e. The number of aromatic nitrogens is 1. The number of ketones is 1. The minimum atomic E-state index is 0.0628. The van der Waals surface area contributed by atoms with Gasteiger partial charge in [0.15, 0.2) is 5.78 Å². The van der Waals surface area contributed by atoms with Gasteiger partial charge in [0.25, 0.3) is 0 Å². The molecule has 0 aromatic carbocycles. The van der Waals surface area contributed by atoms with E-state index in [-0.39, 0.29) is 11.2 Å². The molecular weight excluding hydrogens is 278 g/mol. The van der Waals surface area contributed by atoms with Gasteiger partial charge in [-0.25, -0.2) is 0 Å². The van der Waals surface area contributed by atoms with Gasteiger partial charge in [-0.05, 0) is 30.0 Å². The molecule has 0 fully saturated rings. The molecule has 0 saturated heterocycles. The van der Waals surface area contributed by atoms with Crippen molar-refractivity contribution in [2.24, 2.45) is 5.41 Å². The van der Waals surface area contributed by atoms with Crippen molar-refractivity contribution in [2.45, 2.75) is 33.2 Å². The van der Waals surface area contributed by atoms with Crippen LogP contribution in [0.4, 0.5) is 0 Å². The fourth-order valence-electron chi connectivity index (χ4n) is 2.75. The molecule has 0 unspecified atom stereocenters. The van der Waals surface area contributed by atoms with Crippen molar-refractivity contribution >= 4 is 28.7 Å². The Bertz CT molecular complexity index is 638. The van der Waals surface area contributed by atoms with E-state index in [2.05, 4.69) is 24.5 Å². The Morgan fingerprint density at radius 1 is 1.32 bits per heavy atom. The Kier molecular flexibility index (Phi) is 3.06. The molecule has 0 spiro atoms. The van der Waals surface area contributed by atoms with Gasteiger partial charge >= 0.3 is 0 Å². The molecule has 2 nitrogen and oxygen atoms in total. The third-order valence-electron chi connectivity index (χ3n) is 3.62. The molecule has 0 amide bonds. The summed E-state index contributed by atoms with van der Waals surface area (Å²) in [7, 11) is 0. The van der Waals surface area contributed by atoms with Crippen LogP contribution in [0.2, 0.25) is 4.34 Å².